The van der Waals surface area contributed by atoms with Crippen LogP contribution < -0.4 is 34.7 Å². The second-order valence-corrected chi connectivity index (χ2v) is 2.18. The summed E-state index contributed by atoms with van der Waals surface area (Å²) in [6.07, 6.45) is 1.97. The van der Waals surface area contributed by atoms with Crippen LogP contribution in [0.1, 0.15) is 0 Å². The Bertz CT molecular complexity index is 483. The molecule has 2 rings (SSSR count). The number of nitrogens with zero attached hydrogens (tertiary/aromatic N) is 5. The number of aromatic nitrogens is 4. The first kappa shape index (κ1) is 10.8. The van der Waals surface area contributed by atoms with Gasteiger partial charge in [0.25, 0.3) is 11.5 Å². The standard InChI is InChI=1S/C5H3N5O3.Na/c11-4-3(10(12)13)1-6-5-7-2-8-9(4)5;/h1-2,11H;/q;+1/p-1. The molecule has 0 radical (unpaired) electrons. The van der Waals surface area contributed by atoms with E-state index in [0.29, 0.717) is 0 Å². The molecule has 0 saturated heterocycles. The Morgan fingerprint density at radius 1 is 1.43 bits per heavy atom. The van der Waals surface area contributed by atoms with Crippen LogP contribution in [0.3, 0.4) is 0 Å². The van der Waals surface area contributed by atoms with Gasteiger partial charge in [-0.1, -0.05) is 0 Å². The number of hydrogen-bond donors (Lipinski definition) is 0. The third-order valence-corrected chi connectivity index (χ3v) is 1.44. The molecule has 9 heteroatoms. The van der Waals surface area contributed by atoms with Gasteiger partial charge in [-0.25, -0.2) is 9.50 Å². The van der Waals surface area contributed by atoms with Crippen molar-refractivity contribution in [2.24, 2.45) is 0 Å². The van der Waals surface area contributed by atoms with Crippen LogP contribution in [0, 0.1) is 10.1 Å². The SMILES string of the molecule is O=[N+]([O-])c1cnc2ncnn2c1[O-].[Na+]. The largest absolute Gasteiger partial charge is 1.00 e. The minimum Gasteiger partial charge on any atom is -0.854 e. The molecule has 0 fully saturated rings. The average molecular weight is 203 g/mol. The summed E-state index contributed by atoms with van der Waals surface area (Å²) in [5, 5.41) is 25.0. The van der Waals surface area contributed by atoms with Crippen LogP contribution in [0.2, 0.25) is 0 Å². The minimum absolute atomic E-state index is 0. The van der Waals surface area contributed by atoms with Crippen molar-refractivity contribution >= 4 is 11.5 Å². The van der Waals surface area contributed by atoms with E-state index < -0.39 is 16.5 Å². The number of nitro groups is 1. The first-order valence-corrected chi connectivity index (χ1v) is 3.20. The van der Waals surface area contributed by atoms with Gasteiger partial charge < -0.3 is 5.11 Å². The number of fused-ring (bicyclic) bond motifs is 1. The summed E-state index contributed by atoms with van der Waals surface area (Å²) in [6.45, 7) is 0. The predicted octanol–water partition coefficient (Wildman–Crippen LogP) is -3.89. The normalized spacial score (nSPS) is 9.71. The van der Waals surface area contributed by atoms with Gasteiger partial charge in [0.15, 0.2) is 0 Å². The quantitative estimate of drug-likeness (QED) is 0.266. The van der Waals surface area contributed by atoms with Crippen LogP contribution in [0.5, 0.6) is 5.88 Å². The average Bonchev–Trinajstić information content (AvgIpc) is 2.52. The van der Waals surface area contributed by atoms with Crippen molar-refractivity contribution in [3.8, 4) is 5.88 Å². The fourth-order valence-electron chi connectivity index (χ4n) is 0.875. The Balaban J connectivity index is 0.000000980. The van der Waals surface area contributed by atoms with E-state index in [0.717, 1.165) is 17.0 Å². The van der Waals surface area contributed by atoms with Gasteiger partial charge in [-0.15, -0.1) is 0 Å². The van der Waals surface area contributed by atoms with E-state index in [1.807, 2.05) is 0 Å². The maximum absolute atomic E-state index is 11.2. The van der Waals surface area contributed by atoms with Crippen LogP contribution in [0.4, 0.5) is 5.69 Å². The molecule has 0 bridgehead atoms. The van der Waals surface area contributed by atoms with Gasteiger partial charge in [-0.2, -0.15) is 10.1 Å². The smallest absolute Gasteiger partial charge is 0.854 e. The number of hydrogen-bond acceptors (Lipinski definition) is 6. The minimum atomic E-state index is -0.826. The fraction of sp³-hybridized carbons (Fsp3) is 0. The van der Waals surface area contributed by atoms with E-state index in [4.69, 9.17) is 0 Å². The van der Waals surface area contributed by atoms with Crippen molar-refractivity contribution < 1.29 is 39.6 Å². The summed E-state index contributed by atoms with van der Waals surface area (Å²) in [7, 11) is 0. The zero-order valence-electron chi connectivity index (χ0n) is 7.12. The van der Waals surface area contributed by atoms with Crippen molar-refractivity contribution in [2.45, 2.75) is 0 Å². The maximum Gasteiger partial charge on any atom is 1.00 e. The molecule has 0 aliphatic heterocycles. The molecule has 0 aromatic carbocycles. The molecule has 0 N–H and O–H groups in total. The van der Waals surface area contributed by atoms with Gasteiger partial charge in [-0.05, 0) is 0 Å². The zero-order valence-corrected chi connectivity index (χ0v) is 9.12. The molecule has 0 aliphatic carbocycles. The van der Waals surface area contributed by atoms with Crippen LogP contribution in [-0.4, -0.2) is 24.5 Å². The van der Waals surface area contributed by atoms with E-state index in [9.17, 15) is 15.2 Å². The Morgan fingerprint density at radius 2 is 2.14 bits per heavy atom. The summed E-state index contributed by atoms with van der Waals surface area (Å²) >= 11 is 0. The van der Waals surface area contributed by atoms with Gasteiger partial charge >= 0.3 is 29.6 Å². The molecule has 2 aromatic rings. The molecule has 0 amide bonds. The van der Waals surface area contributed by atoms with E-state index in [1.165, 1.54) is 0 Å². The molecule has 0 atom stereocenters. The van der Waals surface area contributed by atoms with Crippen LogP contribution in [0.15, 0.2) is 12.5 Å². The Labute approximate surface area is 99.0 Å². The fourth-order valence-corrected chi connectivity index (χ4v) is 0.875. The molecule has 0 saturated carbocycles. The molecule has 2 heterocycles. The molecule has 0 unspecified atom stereocenters. The van der Waals surface area contributed by atoms with Crippen molar-refractivity contribution in [3.05, 3.63) is 22.6 Å². The third kappa shape index (κ3) is 1.54. The topological polar surface area (TPSA) is 109 Å². The predicted molar refractivity (Wildman–Crippen MR) is 36.9 cm³/mol. The third-order valence-electron chi connectivity index (χ3n) is 1.44. The summed E-state index contributed by atoms with van der Waals surface area (Å²) in [4.78, 5) is 16.7. The summed E-state index contributed by atoms with van der Waals surface area (Å²) in [6, 6.07) is 0. The molecule has 66 valence electrons. The second kappa shape index (κ2) is 3.86. The molecule has 2 aromatic heterocycles. The molecular weight excluding hydrogens is 201 g/mol. The summed E-state index contributed by atoms with van der Waals surface area (Å²) in [5.74, 6) is -0.775. The van der Waals surface area contributed by atoms with Crippen LogP contribution in [0.25, 0.3) is 5.78 Å². The van der Waals surface area contributed by atoms with Crippen molar-refractivity contribution in [1.82, 2.24) is 19.6 Å². The van der Waals surface area contributed by atoms with Crippen molar-refractivity contribution in [2.75, 3.05) is 0 Å². The van der Waals surface area contributed by atoms with Crippen LogP contribution in [-0.2, 0) is 0 Å². The van der Waals surface area contributed by atoms with Crippen LogP contribution >= 0.6 is 0 Å². The van der Waals surface area contributed by atoms with E-state index in [1.54, 1.807) is 0 Å². The first-order chi connectivity index (χ1) is 6.20. The number of rotatable bonds is 1. The van der Waals surface area contributed by atoms with E-state index in [-0.39, 0.29) is 35.3 Å². The molecule has 14 heavy (non-hydrogen) atoms. The van der Waals surface area contributed by atoms with Gasteiger partial charge in [-0.3, -0.25) is 10.1 Å². The molecule has 0 spiro atoms. The molecule has 0 aliphatic rings. The van der Waals surface area contributed by atoms with Crippen molar-refractivity contribution in [3.63, 3.8) is 0 Å². The van der Waals surface area contributed by atoms with E-state index >= 15 is 0 Å². The second-order valence-electron chi connectivity index (χ2n) is 2.18. The Kier molecular flexibility index (Phi) is 2.99. The molecule has 8 nitrogen and oxygen atoms in total. The monoisotopic (exact) mass is 203 g/mol. The van der Waals surface area contributed by atoms with Crippen molar-refractivity contribution in [1.29, 1.82) is 0 Å². The maximum atomic E-state index is 11.2. The van der Waals surface area contributed by atoms with Gasteiger partial charge in [0, 0.05) is 0 Å². The van der Waals surface area contributed by atoms with Gasteiger partial charge in [0.2, 0.25) is 0 Å². The van der Waals surface area contributed by atoms with Gasteiger partial charge in [0.05, 0.1) is 10.8 Å². The summed E-state index contributed by atoms with van der Waals surface area (Å²) < 4.78 is 0.776. The van der Waals surface area contributed by atoms with E-state index in [2.05, 4.69) is 15.1 Å². The van der Waals surface area contributed by atoms with Gasteiger partial charge in [0.1, 0.15) is 12.5 Å². The molecular formula is C5H2N5NaO3. The first-order valence-electron chi connectivity index (χ1n) is 3.20. The Hall–Kier alpha value is -1.25. The summed E-state index contributed by atoms with van der Waals surface area (Å²) in [5.41, 5.74) is -0.613. The zero-order chi connectivity index (χ0) is 9.42. The Morgan fingerprint density at radius 3 is 2.79 bits per heavy atom.